The summed E-state index contributed by atoms with van der Waals surface area (Å²) in [5.74, 6) is 1.98. The number of halogens is 3. The van der Waals surface area contributed by atoms with E-state index in [2.05, 4.69) is 21.9 Å². The molecular formula is C10H12F3NO4. The number of alkyl halides is 3. The summed E-state index contributed by atoms with van der Waals surface area (Å²) in [4.78, 5) is 19.4. The number of methoxy groups -OCH3 is 1. The lowest BCUT2D eigenvalue weighted by atomic mass is 10.2. The molecule has 1 aliphatic rings. The maximum atomic E-state index is 10.6. The average molecular weight is 267 g/mol. The smallest absolute Gasteiger partial charge is 0.475 e. The number of carbonyl (C=O) groups is 2. The molecule has 0 amide bonds. The van der Waals surface area contributed by atoms with Crippen molar-refractivity contribution < 1.29 is 32.6 Å². The van der Waals surface area contributed by atoms with E-state index in [4.69, 9.17) is 9.90 Å². The van der Waals surface area contributed by atoms with E-state index in [0.29, 0.717) is 0 Å². The van der Waals surface area contributed by atoms with Gasteiger partial charge in [0.2, 0.25) is 0 Å². The second-order valence-electron chi connectivity index (χ2n) is 3.21. The Kier molecular flexibility index (Phi) is 6.82. The Morgan fingerprint density at radius 1 is 1.44 bits per heavy atom. The lowest BCUT2D eigenvalue weighted by Gasteiger charge is -1.96. The van der Waals surface area contributed by atoms with E-state index in [-0.39, 0.29) is 6.04 Å². The van der Waals surface area contributed by atoms with Crippen molar-refractivity contribution in [2.75, 3.05) is 13.7 Å². The van der Waals surface area contributed by atoms with Crippen molar-refractivity contribution in [2.24, 2.45) is 0 Å². The van der Waals surface area contributed by atoms with Crippen molar-refractivity contribution in [1.82, 2.24) is 5.32 Å². The Hall–Kier alpha value is -1.75. The molecule has 1 unspecified atom stereocenters. The molecule has 0 radical (unpaired) electrons. The molecule has 5 nitrogen and oxygen atoms in total. The first kappa shape index (κ1) is 16.2. The quantitative estimate of drug-likeness (QED) is 0.381. The summed E-state index contributed by atoms with van der Waals surface area (Å²) in [6.07, 6.45) is -2.91. The van der Waals surface area contributed by atoms with Crippen molar-refractivity contribution in [2.45, 2.75) is 25.1 Å². The number of aliphatic carboxylic acids is 1. The number of nitrogens with one attached hydrogen (secondary N) is 1. The van der Waals surface area contributed by atoms with E-state index in [1.54, 1.807) is 0 Å². The van der Waals surface area contributed by atoms with Crippen LogP contribution in [0.4, 0.5) is 13.2 Å². The molecule has 0 aromatic heterocycles. The molecule has 18 heavy (non-hydrogen) atoms. The van der Waals surface area contributed by atoms with Crippen molar-refractivity contribution in [1.29, 1.82) is 0 Å². The van der Waals surface area contributed by atoms with Gasteiger partial charge in [0.1, 0.15) is 0 Å². The summed E-state index contributed by atoms with van der Waals surface area (Å²) in [7, 11) is 1.33. The molecule has 102 valence electrons. The van der Waals surface area contributed by atoms with Gasteiger partial charge in [-0.1, -0.05) is 5.92 Å². The third-order valence-electron chi connectivity index (χ3n) is 1.84. The highest BCUT2D eigenvalue weighted by Gasteiger charge is 2.38. The first-order chi connectivity index (χ1) is 8.27. The molecule has 0 spiro atoms. The number of ether oxygens (including phenoxy) is 1. The van der Waals surface area contributed by atoms with Crippen LogP contribution in [0.2, 0.25) is 0 Å². The molecule has 0 aliphatic carbocycles. The van der Waals surface area contributed by atoms with Gasteiger partial charge in [-0.05, 0) is 19.4 Å². The zero-order valence-electron chi connectivity index (χ0n) is 9.50. The van der Waals surface area contributed by atoms with Crippen LogP contribution in [0.3, 0.4) is 0 Å². The van der Waals surface area contributed by atoms with Crippen LogP contribution in [-0.4, -0.2) is 42.9 Å². The number of hydrogen-bond acceptors (Lipinski definition) is 4. The maximum Gasteiger partial charge on any atom is 0.490 e. The molecule has 1 atom stereocenters. The Labute approximate surface area is 101 Å². The van der Waals surface area contributed by atoms with Crippen LogP contribution < -0.4 is 5.32 Å². The molecule has 8 heteroatoms. The van der Waals surface area contributed by atoms with Crippen LogP contribution in [0.5, 0.6) is 0 Å². The lowest BCUT2D eigenvalue weighted by molar-refractivity contribution is -0.192. The number of hydrogen-bond donors (Lipinski definition) is 2. The van der Waals surface area contributed by atoms with Gasteiger partial charge < -0.3 is 15.2 Å². The van der Waals surface area contributed by atoms with Crippen LogP contribution in [0, 0.1) is 11.8 Å². The molecule has 1 heterocycles. The fourth-order valence-electron chi connectivity index (χ4n) is 1.00. The first-order valence-electron chi connectivity index (χ1n) is 4.90. The number of carboxylic acids is 1. The van der Waals surface area contributed by atoms with Gasteiger partial charge in [0, 0.05) is 5.92 Å². The summed E-state index contributed by atoms with van der Waals surface area (Å²) in [6.45, 7) is 1.00. The van der Waals surface area contributed by atoms with Gasteiger partial charge in [-0.2, -0.15) is 13.2 Å². The van der Waals surface area contributed by atoms with Gasteiger partial charge in [0.05, 0.1) is 13.2 Å². The molecule has 0 saturated carbocycles. The van der Waals surface area contributed by atoms with Crippen LogP contribution >= 0.6 is 0 Å². The highest BCUT2D eigenvalue weighted by Crippen LogP contribution is 2.13. The minimum Gasteiger partial charge on any atom is -0.475 e. The van der Waals surface area contributed by atoms with Crippen molar-refractivity contribution in [3.63, 3.8) is 0 Å². The maximum absolute atomic E-state index is 10.6. The summed E-state index contributed by atoms with van der Waals surface area (Å²) < 4.78 is 36.1. The zero-order chi connectivity index (χ0) is 14.2. The van der Waals surface area contributed by atoms with Crippen LogP contribution in [0.1, 0.15) is 12.8 Å². The number of esters is 1. The zero-order valence-corrected chi connectivity index (χ0v) is 9.50. The molecule has 1 saturated heterocycles. The predicted molar refractivity (Wildman–Crippen MR) is 54.5 cm³/mol. The summed E-state index contributed by atoms with van der Waals surface area (Å²) in [6, 6.07) is 0.189. The van der Waals surface area contributed by atoms with E-state index in [9.17, 15) is 18.0 Å². The molecule has 1 fully saturated rings. The van der Waals surface area contributed by atoms with Gasteiger partial charge >= 0.3 is 18.1 Å². The summed E-state index contributed by atoms with van der Waals surface area (Å²) in [5, 5.41) is 10.3. The van der Waals surface area contributed by atoms with Crippen LogP contribution in [0.25, 0.3) is 0 Å². The highest BCUT2D eigenvalue weighted by molar-refractivity contribution is 5.88. The van der Waals surface area contributed by atoms with Crippen LogP contribution in [0.15, 0.2) is 0 Å². The van der Waals surface area contributed by atoms with E-state index in [1.807, 2.05) is 0 Å². The summed E-state index contributed by atoms with van der Waals surface area (Å²) in [5.41, 5.74) is 0. The van der Waals surface area contributed by atoms with Gasteiger partial charge in [-0.3, -0.25) is 0 Å². The first-order valence-corrected chi connectivity index (χ1v) is 4.90. The third kappa shape index (κ3) is 7.51. The highest BCUT2D eigenvalue weighted by atomic mass is 19.4. The Morgan fingerprint density at radius 3 is 2.33 bits per heavy atom. The molecule has 0 bridgehead atoms. The lowest BCUT2D eigenvalue weighted by Crippen LogP contribution is -2.21. The topological polar surface area (TPSA) is 75.6 Å². The van der Waals surface area contributed by atoms with Crippen LogP contribution in [-0.2, 0) is 14.3 Å². The predicted octanol–water partition coefficient (Wildman–Crippen LogP) is 0.548. The van der Waals surface area contributed by atoms with E-state index in [1.165, 1.54) is 7.11 Å². The Bertz CT molecular complexity index is 350. The standard InChI is InChI=1S/C8H11NO2.C2HF3O2/c1-11-8(10)5-4-7-3-2-6-9-7;3-2(4,5)1(6)7/h7,9H,2-3,6H2,1H3;(H,6,7). The fraction of sp³-hybridized carbons (Fsp3) is 0.600. The summed E-state index contributed by atoms with van der Waals surface area (Å²) >= 11 is 0. The fourth-order valence-corrected chi connectivity index (χ4v) is 1.00. The van der Waals surface area contributed by atoms with E-state index < -0.39 is 18.1 Å². The third-order valence-corrected chi connectivity index (χ3v) is 1.84. The monoisotopic (exact) mass is 267 g/mol. The van der Waals surface area contributed by atoms with Crippen molar-refractivity contribution in [3.05, 3.63) is 0 Å². The molecule has 2 N–H and O–H groups in total. The molecule has 1 rings (SSSR count). The Morgan fingerprint density at radius 2 is 2.00 bits per heavy atom. The SMILES string of the molecule is COC(=O)C#CC1CCCN1.O=C(O)C(F)(F)F. The van der Waals surface area contributed by atoms with Gasteiger partial charge in [0.15, 0.2) is 0 Å². The average Bonchev–Trinajstić information content (AvgIpc) is 2.78. The largest absolute Gasteiger partial charge is 0.490 e. The van der Waals surface area contributed by atoms with E-state index >= 15 is 0 Å². The number of rotatable bonds is 0. The second kappa shape index (κ2) is 7.55. The minimum absolute atomic E-state index is 0.189. The Balaban J connectivity index is 0.000000360. The minimum atomic E-state index is -5.08. The van der Waals surface area contributed by atoms with Crippen molar-refractivity contribution in [3.8, 4) is 11.8 Å². The van der Waals surface area contributed by atoms with E-state index in [0.717, 1.165) is 19.4 Å². The van der Waals surface area contributed by atoms with Gasteiger partial charge in [-0.25, -0.2) is 9.59 Å². The molecular weight excluding hydrogens is 255 g/mol. The molecule has 1 aliphatic heterocycles. The molecule has 0 aromatic carbocycles. The second-order valence-corrected chi connectivity index (χ2v) is 3.21. The number of carboxylic acid groups (broad SMARTS) is 1. The normalized spacial score (nSPS) is 17.9. The van der Waals surface area contributed by atoms with Gasteiger partial charge in [-0.15, -0.1) is 0 Å². The number of carbonyl (C=O) groups excluding carboxylic acids is 1. The van der Waals surface area contributed by atoms with Gasteiger partial charge in [0.25, 0.3) is 0 Å². The van der Waals surface area contributed by atoms with Crippen molar-refractivity contribution >= 4 is 11.9 Å². The molecule has 0 aromatic rings.